The highest BCUT2D eigenvalue weighted by molar-refractivity contribution is 8.01. The highest BCUT2D eigenvalue weighted by Gasteiger charge is 2.30. The molecule has 1 aliphatic rings. The number of fused-ring (bicyclic) bond motifs is 1. The molecule has 0 spiro atoms. The number of hydrogen-bond acceptors (Lipinski definition) is 3. The monoisotopic (exact) mass is 394 g/mol. The van der Waals surface area contributed by atoms with E-state index in [1.165, 1.54) is 10.5 Å². The highest BCUT2D eigenvalue weighted by Crippen LogP contribution is 2.37. The summed E-state index contributed by atoms with van der Waals surface area (Å²) in [5, 5.41) is 3.19. The number of nitrogens with zero attached hydrogens (tertiary/aromatic N) is 1. The molecule has 1 unspecified atom stereocenters. The maximum Gasteiger partial charge on any atom is 0.244 e. The predicted molar refractivity (Wildman–Crippen MR) is 103 cm³/mol. The van der Waals surface area contributed by atoms with Crippen LogP contribution in [0.15, 0.2) is 47.4 Å². The predicted octanol–water partition coefficient (Wildman–Crippen LogP) is 4.11. The summed E-state index contributed by atoms with van der Waals surface area (Å²) in [4.78, 5) is 27.4. The van der Waals surface area contributed by atoms with Gasteiger partial charge in [-0.25, -0.2) is 0 Å². The number of para-hydroxylation sites is 1. The highest BCUT2D eigenvalue weighted by atomic mass is 35.5. The number of benzene rings is 2. The molecule has 1 aliphatic heterocycles. The largest absolute Gasteiger partial charge is 0.335 e. The smallest absolute Gasteiger partial charge is 0.244 e. The Labute approximate surface area is 160 Å². The van der Waals surface area contributed by atoms with E-state index in [4.69, 9.17) is 23.2 Å². The van der Waals surface area contributed by atoms with Gasteiger partial charge in [-0.1, -0.05) is 47.5 Å². The van der Waals surface area contributed by atoms with Crippen molar-refractivity contribution in [2.24, 2.45) is 0 Å². The number of nitrogens with one attached hydrogen (secondary N) is 1. The summed E-state index contributed by atoms with van der Waals surface area (Å²) < 4.78 is 0. The number of likely N-dealkylation sites (N-methyl/N-ethyl adjacent to an activating group) is 1. The molecule has 4 nitrogen and oxygen atoms in total. The number of carbonyl (C=O) groups is 2. The standard InChI is InChI=1S/C18H16Cl2N2O2S/c1-22(10-16(23)21-17-12(19)6-4-7-13(17)20)18(24)15-9-11-5-2-3-8-14(11)25-15/h2-8,15H,9-10H2,1H3,(H,21,23). The molecular formula is C18H16Cl2N2O2S. The Morgan fingerprint density at radius 1 is 1.16 bits per heavy atom. The molecular weight excluding hydrogens is 379 g/mol. The third-order valence-corrected chi connectivity index (χ3v) is 5.84. The van der Waals surface area contributed by atoms with Crippen molar-refractivity contribution >= 4 is 52.5 Å². The lowest BCUT2D eigenvalue weighted by molar-refractivity contribution is -0.132. The van der Waals surface area contributed by atoms with E-state index in [2.05, 4.69) is 5.32 Å². The van der Waals surface area contributed by atoms with Crippen LogP contribution in [0.1, 0.15) is 5.56 Å². The van der Waals surface area contributed by atoms with E-state index in [0.717, 1.165) is 4.90 Å². The van der Waals surface area contributed by atoms with Gasteiger partial charge in [0.25, 0.3) is 0 Å². The average molecular weight is 395 g/mol. The number of thioether (sulfide) groups is 1. The summed E-state index contributed by atoms with van der Waals surface area (Å²) in [6.45, 7) is -0.0617. The molecule has 130 valence electrons. The van der Waals surface area contributed by atoms with Gasteiger partial charge < -0.3 is 10.2 Å². The van der Waals surface area contributed by atoms with Crippen molar-refractivity contribution in [3.8, 4) is 0 Å². The lowest BCUT2D eigenvalue weighted by Gasteiger charge is -2.20. The van der Waals surface area contributed by atoms with Gasteiger partial charge in [0.05, 0.1) is 27.5 Å². The van der Waals surface area contributed by atoms with Crippen LogP contribution in [0.2, 0.25) is 10.0 Å². The number of carbonyl (C=O) groups excluding carboxylic acids is 2. The summed E-state index contributed by atoms with van der Waals surface area (Å²) in [5.74, 6) is -0.409. The van der Waals surface area contributed by atoms with E-state index >= 15 is 0 Å². The molecule has 0 saturated carbocycles. The second-order valence-corrected chi connectivity index (χ2v) is 7.82. The first-order chi connectivity index (χ1) is 12.0. The van der Waals surface area contributed by atoms with E-state index in [1.807, 2.05) is 24.3 Å². The van der Waals surface area contributed by atoms with Crippen molar-refractivity contribution < 1.29 is 9.59 Å². The van der Waals surface area contributed by atoms with Gasteiger partial charge in [0.1, 0.15) is 0 Å². The minimum atomic E-state index is -0.341. The summed E-state index contributed by atoms with van der Waals surface area (Å²) in [7, 11) is 1.62. The Hall–Kier alpha value is -1.69. The lowest BCUT2D eigenvalue weighted by atomic mass is 10.1. The summed E-state index contributed by atoms with van der Waals surface area (Å²) in [5.41, 5.74) is 1.53. The van der Waals surface area contributed by atoms with Crippen molar-refractivity contribution in [1.82, 2.24) is 4.90 Å². The Kier molecular flexibility index (Phi) is 5.57. The maximum absolute atomic E-state index is 12.6. The number of anilines is 1. The van der Waals surface area contributed by atoms with E-state index in [9.17, 15) is 9.59 Å². The van der Waals surface area contributed by atoms with Crippen LogP contribution >= 0.6 is 35.0 Å². The number of amides is 2. The van der Waals surface area contributed by atoms with E-state index in [-0.39, 0.29) is 23.6 Å². The van der Waals surface area contributed by atoms with Crippen LogP contribution in [-0.4, -0.2) is 35.6 Å². The Morgan fingerprint density at radius 3 is 2.52 bits per heavy atom. The minimum Gasteiger partial charge on any atom is -0.335 e. The van der Waals surface area contributed by atoms with E-state index in [0.29, 0.717) is 22.2 Å². The first-order valence-corrected chi connectivity index (χ1v) is 9.32. The fraction of sp³-hybridized carbons (Fsp3) is 0.222. The quantitative estimate of drug-likeness (QED) is 0.848. The van der Waals surface area contributed by atoms with Gasteiger partial charge in [0.2, 0.25) is 11.8 Å². The zero-order chi connectivity index (χ0) is 18.0. The van der Waals surface area contributed by atoms with Gasteiger partial charge >= 0.3 is 0 Å². The second-order valence-electron chi connectivity index (χ2n) is 5.76. The van der Waals surface area contributed by atoms with Crippen molar-refractivity contribution in [2.45, 2.75) is 16.6 Å². The third-order valence-electron chi connectivity index (χ3n) is 3.91. The molecule has 0 aromatic heterocycles. The molecule has 1 atom stereocenters. The molecule has 0 saturated heterocycles. The van der Waals surface area contributed by atoms with Gasteiger partial charge in [-0.3, -0.25) is 9.59 Å². The molecule has 3 rings (SSSR count). The zero-order valence-electron chi connectivity index (χ0n) is 13.5. The molecule has 0 bridgehead atoms. The molecule has 7 heteroatoms. The van der Waals surface area contributed by atoms with Gasteiger partial charge in [-0.15, -0.1) is 11.8 Å². The normalized spacial score (nSPS) is 15.6. The molecule has 2 amide bonds. The van der Waals surface area contributed by atoms with Gasteiger partial charge in [-0.05, 0) is 30.2 Å². The van der Waals surface area contributed by atoms with Crippen LogP contribution in [0, 0.1) is 0 Å². The number of rotatable bonds is 4. The average Bonchev–Trinajstić information content (AvgIpc) is 3.01. The van der Waals surface area contributed by atoms with Crippen molar-refractivity contribution in [3.63, 3.8) is 0 Å². The van der Waals surface area contributed by atoms with Crippen LogP contribution in [0.3, 0.4) is 0 Å². The Morgan fingerprint density at radius 2 is 1.84 bits per heavy atom. The van der Waals surface area contributed by atoms with Gasteiger partial charge in [0, 0.05) is 11.9 Å². The first-order valence-electron chi connectivity index (χ1n) is 7.69. The van der Waals surface area contributed by atoms with Crippen molar-refractivity contribution in [2.75, 3.05) is 18.9 Å². The number of halogens is 2. The fourth-order valence-corrected chi connectivity index (χ4v) is 4.46. The summed E-state index contributed by atoms with van der Waals surface area (Å²) in [6.07, 6.45) is 0.683. The molecule has 2 aromatic carbocycles. The van der Waals surface area contributed by atoms with Crippen LogP contribution in [0.4, 0.5) is 5.69 Å². The SMILES string of the molecule is CN(CC(=O)Nc1c(Cl)cccc1Cl)C(=O)C1Cc2ccccc2S1. The van der Waals surface area contributed by atoms with E-state index in [1.54, 1.807) is 37.0 Å². The van der Waals surface area contributed by atoms with Gasteiger partial charge in [-0.2, -0.15) is 0 Å². The maximum atomic E-state index is 12.6. The fourth-order valence-electron chi connectivity index (χ4n) is 2.66. The van der Waals surface area contributed by atoms with Gasteiger partial charge in [0.15, 0.2) is 0 Å². The molecule has 0 aliphatic carbocycles. The van der Waals surface area contributed by atoms with Crippen molar-refractivity contribution in [1.29, 1.82) is 0 Å². The summed E-state index contributed by atoms with van der Waals surface area (Å²) in [6, 6.07) is 13.0. The molecule has 1 heterocycles. The zero-order valence-corrected chi connectivity index (χ0v) is 15.8. The molecule has 1 N–H and O–H groups in total. The van der Waals surface area contributed by atoms with Crippen LogP contribution < -0.4 is 5.32 Å². The molecule has 0 fully saturated rings. The van der Waals surface area contributed by atoms with E-state index < -0.39 is 0 Å². The Bertz CT molecular complexity index is 783. The third kappa shape index (κ3) is 4.11. The topological polar surface area (TPSA) is 49.4 Å². The Balaban J connectivity index is 1.60. The summed E-state index contributed by atoms with van der Waals surface area (Å²) >= 11 is 13.6. The molecule has 0 radical (unpaired) electrons. The first kappa shape index (κ1) is 18.1. The minimum absolute atomic E-state index is 0.0617. The molecule has 2 aromatic rings. The van der Waals surface area contributed by atoms with Crippen LogP contribution in [0.25, 0.3) is 0 Å². The van der Waals surface area contributed by atoms with Crippen LogP contribution in [0.5, 0.6) is 0 Å². The number of hydrogen-bond donors (Lipinski definition) is 1. The van der Waals surface area contributed by atoms with Crippen molar-refractivity contribution in [3.05, 3.63) is 58.1 Å². The lowest BCUT2D eigenvalue weighted by Crippen LogP contribution is -2.39. The second kappa shape index (κ2) is 7.68. The molecule has 25 heavy (non-hydrogen) atoms. The van der Waals surface area contributed by atoms with Crippen LogP contribution in [-0.2, 0) is 16.0 Å².